The molecule has 4 heteroatoms. The summed E-state index contributed by atoms with van der Waals surface area (Å²) < 4.78 is 2.45. The maximum absolute atomic E-state index is 5.33. The Bertz CT molecular complexity index is 3610. The van der Waals surface area contributed by atoms with Gasteiger partial charge in [0, 0.05) is 32.8 Å². The molecule has 59 heavy (non-hydrogen) atoms. The Balaban J connectivity index is 1.11. The van der Waals surface area contributed by atoms with Gasteiger partial charge in [-0.3, -0.25) is 0 Å². The van der Waals surface area contributed by atoms with Gasteiger partial charge in [0.1, 0.15) is 0 Å². The summed E-state index contributed by atoms with van der Waals surface area (Å²) in [6, 6.07) is 73.4. The van der Waals surface area contributed by atoms with Crippen molar-refractivity contribution in [1.29, 1.82) is 0 Å². The van der Waals surface area contributed by atoms with E-state index in [0.29, 0.717) is 17.5 Å². The van der Waals surface area contributed by atoms with E-state index in [-0.39, 0.29) is 0 Å². The SMILES string of the molecule is c1ccc(-c2nc(-c3ccc(-c4ccccc4)c4ccccc34)nc(-c3ccc(-n4c5cc6ccccc6cc5c5c6ccccc6ccc54)c4ccccc34)n2)cc1. The second kappa shape index (κ2) is 13.3. The number of benzene rings is 10. The molecule has 274 valence electrons. The zero-order valence-electron chi connectivity index (χ0n) is 31.9. The number of nitrogens with zero attached hydrogens (tertiary/aromatic N) is 4. The van der Waals surface area contributed by atoms with Gasteiger partial charge in [0.25, 0.3) is 0 Å². The largest absolute Gasteiger partial charge is 0.309 e. The van der Waals surface area contributed by atoms with Gasteiger partial charge in [-0.2, -0.15) is 0 Å². The molecule has 10 aromatic carbocycles. The fourth-order valence-corrected chi connectivity index (χ4v) is 9.10. The number of rotatable bonds is 5. The minimum Gasteiger partial charge on any atom is -0.309 e. The maximum Gasteiger partial charge on any atom is 0.164 e. The van der Waals surface area contributed by atoms with Crippen LogP contribution in [0.3, 0.4) is 0 Å². The summed E-state index contributed by atoms with van der Waals surface area (Å²) in [6.45, 7) is 0. The van der Waals surface area contributed by atoms with Crippen LogP contribution in [0.15, 0.2) is 206 Å². The van der Waals surface area contributed by atoms with Crippen molar-refractivity contribution in [2.24, 2.45) is 0 Å². The molecule has 0 N–H and O–H groups in total. The quantitative estimate of drug-likeness (QED) is 0.176. The zero-order chi connectivity index (χ0) is 38.9. The fourth-order valence-electron chi connectivity index (χ4n) is 9.10. The van der Waals surface area contributed by atoms with Gasteiger partial charge in [-0.25, -0.2) is 15.0 Å². The van der Waals surface area contributed by atoms with Crippen molar-refractivity contribution in [2.45, 2.75) is 0 Å². The Kier molecular flexibility index (Phi) is 7.50. The van der Waals surface area contributed by atoms with Gasteiger partial charge in [-0.1, -0.05) is 170 Å². The molecule has 0 aliphatic heterocycles. The van der Waals surface area contributed by atoms with Gasteiger partial charge >= 0.3 is 0 Å². The van der Waals surface area contributed by atoms with Crippen LogP contribution in [0.2, 0.25) is 0 Å². The highest BCUT2D eigenvalue weighted by Crippen LogP contribution is 2.42. The van der Waals surface area contributed by atoms with E-state index in [9.17, 15) is 0 Å². The zero-order valence-corrected chi connectivity index (χ0v) is 31.9. The van der Waals surface area contributed by atoms with Gasteiger partial charge < -0.3 is 4.57 Å². The van der Waals surface area contributed by atoms with Crippen LogP contribution in [0, 0.1) is 0 Å². The van der Waals surface area contributed by atoms with E-state index in [2.05, 4.69) is 193 Å². The van der Waals surface area contributed by atoms with Crippen molar-refractivity contribution in [3.05, 3.63) is 206 Å². The van der Waals surface area contributed by atoms with Crippen LogP contribution < -0.4 is 0 Å². The Morgan fingerprint density at radius 1 is 0.288 bits per heavy atom. The number of fused-ring (bicyclic) bond motifs is 8. The van der Waals surface area contributed by atoms with E-state index in [1.165, 1.54) is 54.5 Å². The molecular formula is C55H34N4. The Hall–Kier alpha value is -7.95. The summed E-state index contributed by atoms with van der Waals surface area (Å²) in [4.78, 5) is 15.7. The molecule has 0 aliphatic rings. The van der Waals surface area contributed by atoms with Gasteiger partial charge in [-0.15, -0.1) is 0 Å². The van der Waals surface area contributed by atoms with Crippen LogP contribution in [0.25, 0.3) is 116 Å². The minimum atomic E-state index is 0.632. The van der Waals surface area contributed by atoms with E-state index in [0.717, 1.165) is 43.9 Å². The highest BCUT2D eigenvalue weighted by molar-refractivity contribution is 6.24. The highest BCUT2D eigenvalue weighted by atomic mass is 15.0. The first kappa shape index (κ1) is 33.2. The lowest BCUT2D eigenvalue weighted by Crippen LogP contribution is -2.02. The van der Waals surface area contributed by atoms with E-state index >= 15 is 0 Å². The summed E-state index contributed by atoms with van der Waals surface area (Å²) in [5.41, 5.74) is 8.66. The van der Waals surface area contributed by atoms with E-state index in [1.807, 2.05) is 18.2 Å². The van der Waals surface area contributed by atoms with Crippen molar-refractivity contribution < 1.29 is 0 Å². The van der Waals surface area contributed by atoms with Crippen molar-refractivity contribution in [2.75, 3.05) is 0 Å². The highest BCUT2D eigenvalue weighted by Gasteiger charge is 2.21. The standard InChI is InChI=1S/C55H34N4/c1-3-15-35(16-4-1)40-28-29-46(43-24-12-11-23-42(40)43)54-56-53(37-18-5-2-6-19-37)57-55(58-54)47-30-32-49(45-26-14-13-25-44(45)47)59-50-31-27-36-17-9-10-22-41(36)52(50)48-33-38-20-7-8-21-39(38)34-51(48)59/h1-34H. The molecule has 4 nitrogen and oxygen atoms in total. The van der Waals surface area contributed by atoms with Crippen molar-refractivity contribution in [3.63, 3.8) is 0 Å². The van der Waals surface area contributed by atoms with Crippen molar-refractivity contribution in [3.8, 4) is 51.0 Å². The molecule has 0 aliphatic carbocycles. The summed E-state index contributed by atoms with van der Waals surface area (Å²) >= 11 is 0. The van der Waals surface area contributed by atoms with Crippen LogP contribution in [0.5, 0.6) is 0 Å². The average Bonchev–Trinajstić information content (AvgIpc) is 3.63. The molecule has 2 heterocycles. The Morgan fingerprint density at radius 2 is 0.780 bits per heavy atom. The predicted octanol–water partition coefficient (Wildman–Crippen LogP) is 14.2. The maximum atomic E-state index is 5.33. The molecule has 2 aromatic heterocycles. The first-order valence-electron chi connectivity index (χ1n) is 20.0. The molecule has 0 unspecified atom stereocenters. The summed E-state index contributed by atoms with van der Waals surface area (Å²) in [7, 11) is 0. The molecule has 0 atom stereocenters. The third-order valence-electron chi connectivity index (χ3n) is 11.8. The van der Waals surface area contributed by atoms with Gasteiger partial charge in [-0.05, 0) is 85.2 Å². The van der Waals surface area contributed by atoms with Gasteiger partial charge in [0.05, 0.1) is 16.7 Å². The summed E-state index contributed by atoms with van der Waals surface area (Å²) in [5.74, 6) is 1.90. The lowest BCUT2D eigenvalue weighted by Gasteiger charge is -2.16. The second-order valence-corrected chi connectivity index (χ2v) is 15.2. The second-order valence-electron chi connectivity index (χ2n) is 15.2. The molecule has 0 amide bonds. The van der Waals surface area contributed by atoms with Gasteiger partial charge in [0.15, 0.2) is 17.5 Å². The molecular weight excluding hydrogens is 717 g/mol. The third kappa shape index (κ3) is 5.34. The third-order valence-corrected chi connectivity index (χ3v) is 11.8. The van der Waals surface area contributed by atoms with Crippen LogP contribution in [-0.2, 0) is 0 Å². The van der Waals surface area contributed by atoms with Crippen molar-refractivity contribution >= 4 is 64.9 Å². The van der Waals surface area contributed by atoms with E-state index in [1.54, 1.807) is 0 Å². The van der Waals surface area contributed by atoms with Gasteiger partial charge in [0.2, 0.25) is 0 Å². The molecule has 0 saturated heterocycles. The fraction of sp³-hybridized carbons (Fsp3) is 0. The van der Waals surface area contributed by atoms with Crippen LogP contribution in [0.1, 0.15) is 0 Å². The van der Waals surface area contributed by atoms with Crippen LogP contribution in [0.4, 0.5) is 0 Å². The van der Waals surface area contributed by atoms with E-state index < -0.39 is 0 Å². The van der Waals surface area contributed by atoms with Crippen molar-refractivity contribution in [1.82, 2.24) is 19.5 Å². The smallest absolute Gasteiger partial charge is 0.164 e. The molecule has 0 fully saturated rings. The molecule has 0 radical (unpaired) electrons. The molecule has 0 spiro atoms. The monoisotopic (exact) mass is 750 g/mol. The van der Waals surface area contributed by atoms with Crippen LogP contribution >= 0.6 is 0 Å². The lowest BCUT2D eigenvalue weighted by atomic mass is 9.94. The predicted molar refractivity (Wildman–Crippen MR) is 246 cm³/mol. The topological polar surface area (TPSA) is 43.6 Å². The lowest BCUT2D eigenvalue weighted by molar-refractivity contribution is 1.08. The Labute approximate surface area is 340 Å². The summed E-state index contributed by atoms with van der Waals surface area (Å²) in [6.07, 6.45) is 0. The molecule has 12 rings (SSSR count). The van der Waals surface area contributed by atoms with E-state index in [4.69, 9.17) is 15.0 Å². The molecule has 12 aromatic rings. The normalized spacial score (nSPS) is 11.7. The first-order chi connectivity index (χ1) is 29.3. The number of aromatic nitrogens is 4. The van der Waals surface area contributed by atoms with Crippen LogP contribution in [-0.4, -0.2) is 19.5 Å². The number of hydrogen-bond donors (Lipinski definition) is 0. The molecule has 0 saturated carbocycles. The first-order valence-corrected chi connectivity index (χ1v) is 20.0. The Morgan fingerprint density at radius 3 is 1.47 bits per heavy atom. The summed E-state index contributed by atoms with van der Waals surface area (Å²) in [5, 5.41) is 11.9. The average molecular weight is 751 g/mol. The minimum absolute atomic E-state index is 0.632. The molecule has 0 bridgehead atoms. The number of hydrogen-bond acceptors (Lipinski definition) is 3.